The summed E-state index contributed by atoms with van der Waals surface area (Å²) in [4.78, 5) is 32.8. The minimum atomic E-state index is -0.644. The number of carbonyl (C=O) groups is 1. The minimum Gasteiger partial charge on any atom is -0.382 e. The topological polar surface area (TPSA) is 97.9 Å². The first kappa shape index (κ1) is 12.5. The lowest BCUT2D eigenvalue weighted by Crippen LogP contribution is -2.26. The number of anilines is 1. The molecule has 1 saturated heterocycles. The lowest BCUT2D eigenvalue weighted by molar-refractivity contribution is -0.136. The summed E-state index contributed by atoms with van der Waals surface area (Å²) in [6.07, 6.45) is 1.52. The van der Waals surface area contributed by atoms with E-state index in [1.165, 1.54) is 11.3 Å². The first-order chi connectivity index (χ1) is 8.61. The quantitative estimate of drug-likeness (QED) is 0.601. The van der Waals surface area contributed by atoms with Crippen molar-refractivity contribution in [3.05, 3.63) is 11.1 Å². The van der Waals surface area contributed by atoms with E-state index in [1.54, 1.807) is 23.6 Å². The van der Waals surface area contributed by atoms with Gasteiger partial charge < -0.3 is 15.5 Å². The molecule has 2 N–H and O–H groups in total. The van der Waals surface area contributed by atoms with Crippen molar-refractivity contribution in [1.82, 2.24) is 9.88 Å². The number of oxime groups is 1. The molecule has 8 heteroatoms. The van der Waals surface area contributed by atoms with Gasteiger partial charge in [0, 0.05) is 25.4 Å². The summed E-state index contributed by atoms with van der Waals surface area (Å²) >= 11 is 1.18. The number of nitrogen functional groups attached to an aromatic ring is 1. The number of thiazole rings is 1. The first-order valence-electron chi connectivity index (χ1n) is 5.20. The lowest BCUT2D eigenvalue weighted by Gasteiger charge is -2.08. The third-order valence-electron chi connectivity index (χ3n) is 2.51. The monoisotopic (exact) mass is 267 g/mol. The molecule has 0 saturated carbocycles. The molecule has 18 heavy (non-hydrogen) atoms. The summed E-state index contributed by atoms with van der Waals surface area (Å²) in [6.45, 7) is 0.614. The lowest BCUT2D eigenvalue weighted by atomic mass is 10.3. The highest BCUT2D eigenvalue weighted by molar-refractivity contribution is 7.13. The molecular formula is C10H11N4O3S. The molecule has 1 aromatic rings. The van der Waals surface area contributed by atoms with Gasteiger partial charge in [-0.05, 0) is 0 Å². The number of likely N-dealkylation sites (N-methyl/N-ethyl adjacent to an activating group) is 1. The Morgan fingerprint density at radius 2 is 2.56 bits per heavy atom. The summed E-state index contributed by atoms with van der Waals surface area (Å²) in [5.41, 5.74) is 5.66. The minimum absolute atomic E-state index is 0.0923. The van der Waals surface area contributed by atoms with E-state index < -0.39 is 6.10 Å². The van der Waals surface area contributed by atoms with Gasteiger partial charge in [-0.1, -0.05) is 5.16 Å². The fourth-order valence-electron chi connectivity index (χ4n) is 1.52. The molecule has 1 atom stereocenters. The van der Waals surface area contributed by atoms with Crippen LogP contribution in [0.3, 0.4) is 0 Å². The second-order valence-corrected chi connectivity index (χ2v) is 4.65. The summed E-state index contributed by atoms with van der Waals surface area (Å²) in [7, 11) is 1.68. The van der Waals surface area contributed by atoms with Crippen LogP contribution in [0.15, 0.2) is 10.5 Å². The van der Waals surface area contributed by atoms with Gasteiger partial charge in [0.15, 0.2) is 10.8 Å². The maximum Gasteiger partial charge on any atom is 0.266 e. The Labute approximate surface area is 107 Å². The molecule has 2 heterocycles. The standard InChI is InChI=1S/C10H11N4O3S/c1-14-3-2-8(9(14)16)17-13-6(4-15)7-5-18-10(11)12-7/h5,8H,2-3H2,1H3,(H2,11,12). The Bertz CT molecular complexity index is 499. The van der Waals surface area contributed by atoms with Gasteiger partial charge in [0.25, 0.3) is 12.2 Å². The van der Waals surface area contributed by atoms with Crippen LogP contribution < -0.4 is 5.73 Å². The van der Waals surface area contributed by atoms with Crippen molar-refractivity contribution in [2.45, 2.75) is 12.5 Å². The molecule has 1 aliphatic heterocycles. The number of nitrogens with zero attached hydrogens (tertiary/aromatic N) is 3. The predicted octanol–water partition coefficient (Wildman–Crippen LogP) is -0.214. The molecule has 0 bridgehead atoms. The zero-order chi connectivity index (χ0) is 13.1. The summed E-state index contributed by atoms with van der Waals surface area (Å²) in [5, 5.41) is 5.52. The van der Waals surface area contributed by atoms with Crippen LogP contribution in [0.2, 0.25) is 0 Å². The molecule has 2 rings (SSSR count). The highest BCUT2D eigenvalue weighted by atomic mass is 32.1. The molecule has 1 amide bonds. The van der Waals surface area contributed by atoms with Gasteiger partial charge in [-0.25, -0.2) is 4.98 Å². The van der Waals surface area contributed by atoms with Crippen LogP contribution in [0.25, 0.3) is 0 Å². The smallest absolute Gasteiger partial charge is 0.266 e. The van der Waals surface area contributed by atoms with Gasteiger partial charge in [-0.15, -0.1) is 11.3 Å². The van der Waals surface area contributed by atoms with E-state index in [1.807, 2.05) is 0 Å². The third kappa shape index (κ3) is 2.48. The van der Waals surface area contributed by atoms with Gasteiger partial charge in [0.05, 0.1) is 0 Å². The van der Waals surface area contributed by atoms with Crippen LogP contribution in [-0.2, 0) is 14.4 Å². The fraction of sp³-hybridized carbons (Fsp3) is 0.400. The molecule has 0 spiro atoms. The largest absolute Gasteiger partial charge is 0.382 e. The summed E-state index contributed by atoms with van der Waals surface area (Å²) in [5.74, 6) is -0.151. The molecular weight excluding hydrogens is 256 g/mol. The number of hydrogen-bond donors (Lipinski definition) is 1. The molecule has 1 fully saturated rings. The van der Waals surface area contributed by atoms with Gasteiger partial charge in [0.1, 0.15) is 5.69 Å². The van der Waals surface area contributed by atoms with E-state index in [0.29, 0.717) is 23.8 Å². The molecule has 0 aromatic carbocycles. The van der Waals surface area contributed by atoms with Gasteiger partial charge >= 0.3 is 0 Å². The van der Waals surface area contributed by atoms with E-state index in [2.05, 4.69) is 10.1 Å². The number of nitrogens with two attached hydrogens (primary N) is 1. The maximum absolute atomic E-state index is 11.5. The molecule has 95 valence electrons. The molecule has 1 aliphatic rings. The third-order valence-corrected chi connectivity index (χ3v) is 3.18. The number of likely N-dealkylation sites (tertiary alicyclic amines) is 1. The van der Waals surface area contributed by atoms with Crippen molar-refractivity contribution in [3.63, 3.8) is 0 Å². The molecule has 1 unspecified atom stereocenters. The van der Waals surface area contributed by atoms with Crippen molar-refractivity contribution < 1.29 is 14.4 Å². The Balaban J connectivity index is 2.07. The average molecular weight is 267 g/mol. The molecule has 7 nitrogen and oxygen atoms in total. The number of hydrogen-bond acceptors (Lipinski definition) is 7. The Morgan fingerprint density at radius 1 is 1.78 bits per heavy atom. The summed E-state index contributed by atoms with van der Waals surface area (Å²) in [6, 6.07) is 0. The molecule has 1 aromatic heterocycles. The second kappa shape index (κ2) is 5.13. The van der Waals surface area contributed by atoms with E-state index in [0.717, 1.165) is 0 Å². The van der Waals surface area contributed by atoms with Crippen molar-refractivity contribution in [3.8, 4) is 0 Å². The van der Waals surface area contributed by atoms with E-state index in [9.17, 15) is 9.59 Å². The van der Waals surface area contributed by atoms with Crippen molar-refractivity contribution in [1.29, 1.82) is 0 Å². The highest BCUT2D eigenvalue weighted by Crippen LogP contribution is 2.15. The Kier molecular flexibility index (Phi) is 3.56. The van der Waals surface area contributed by atoms with Crippen molar-refractivity contribution >= 4 is 34.4 Å². The number of rotatable bonds is 4. The van der Waals surface area contributed by atoms with Crippen LogP contribution in [0.4, 0.5) is 5.13 Å². The zero-order valence-electron chi connectivity index (χ0n) is 9.62. The van der Waals surface area contributed by atoms with E-state index in [4.69, 9.17) is 10.6 Å². The zero-order valence-corrected chi connectivity index (χ0v) is 10.4. The van der Waals surface area contributed by atoms with Gasteiger partial charge in [-0.3, -0.25) is 9.59 Å². The van der Waals surface area contributed by atoms with Crippen molar-refractivity contribution in [2.24, 2.45) is 5.16 Å². The average Bonchev–Trinajstić information content (AvgIpc) is 2.91. The SMILES string of the molecule is CN1CCC(ON=C([C]=O)c2csc(N)n2)C1=O. The maximum atomic E-state index is 11.5. The number of aromatic nitrogens is 1. The van der Waals surface area contributed by atoms with Crippen LogP contribution >= 0.6 is 11.3 Å². The summed E-state index contributed by atoms with van der Waals surface area (Å²) < 4.78 is 0. The van der Waals surface area contributed by atoms with Crippen molar-refractivity contribution in [2.75, 3.05) is 19.3 Å². The second-order valence-electron chi connectivity index (χ2n) is 3.76. The Hall–Kier alpha value is -1.96. The Morgan fingerprint density at radius 3 is 3.06 bits per heavy atom. The number of amides is 1. The molecule has 1 radical (unpaired) electrons. The van der Waals surface area contributed by atoms with E-state index in [-0.39, 0.29) is 11.6 Å². The van der Waals surface area contributed by atoms with Crippen LogP contribution in [0.5, 0.6) is 0 Å². The van der Waals surface area contributed by atoms with Crippen LogP contribution in [0.1, 0.15) is 12.1 Å². The fourth-order valence-corrected chi connectivity index (χ4v) is 2.07. The highest BCUT2D eigenvalue weighted by Gasteiger charge is 2.31. The normalized spacial score (nSPS) is 20.3. The van der Waals surface area contributed by atoms with Gasteiger partial charge in [0.2, 0.25) is 6.10 Å². The first-order valence-corrected chi connectivity index (χ1v) is 6.08. The number of carbonyl (C=O) groups excluding carboxylic acids is 2. The van der Waals surface area contributed by atoms with Gasteiger partial charge in [-0.2, -0.15) is 0 Å². The molecule has 0 aliphatic carbocycles. The van der Waals surface area contributed by atoms with Crippen LogP contribution in [-0.4, -0.2) is 47.5 Å². The predicted molar refractivity (Wildman–Crippen MR) is 65.9 cm³/mol. The van der Waals surface area contributed by atoms with E-state index >= 15 is 0 Å². The van der Waals surface area contributed by atoms with Crippen LogP contribution in [0, 0.1) is 0 Å².